The number of hydrogen-bond acceptors (Lipinski definition) is 1. The maximum Gasteiger partial charge on any atom is 1.00 e. The SMILES string of the molecule is [CH3][Sn]([CH3])([CH3])[c]1cc[c-]s1.[Li+]. The van der Waals surface area contributed by atoms with Crippen LogP contribution in [-0.2, 0) is 0 Å². The first kappa shape index (κ1) is 11.1. The van der Waals surface area contributed by atoms with Gasteiger partial charge >= 0.3 is 83.8 Å². The van der Waals surface area contributed by atoms with Crippen LogP contribution < -0.4 is 21.8 Å². The molecule has 50 valence electrons. The molecule has 1 aromatic heterocycles. The Morgan fingerprint density at radius 2 is 2.00 bits per heavy atom. The van der Waals surface area contributed by atoms with Crippen LogP contribution in [0.5, 0.6) is 0 Å². The van der Waals surface area contributed by atoms with E-state index in [-0.39, 0.29) is 18.9 Å². The minimum atomic E-state index is -1.66. The van der Waals surface area contributed by atoms with Gasteiger partial charge in [0.1, 0.15) is 0 Å². The zero-order chi connectivity index (χ0) is 6.91. The van der Waals surface area contributed by atoms with E-state index in [1.54, 1.807) is 14.2 Å². The Labute approximate surface area is 83.1 Å². The second kappa shape index (κ2) is 4.20. The Balaban J connectivity index is 0.000000810. The summed E-state index contributed by atoms with van der Waals surface area (Å²) in [7, 11) is 0. The normalized spacial score (nSPS) is 10.7. The maximum absolute atomic E-state index is 3.13. The predicted molar refractivity (Wildman–Crippen MR) is 46.1 cm³/mol. The van der Waals surface area contributed by atoms with Crippen molar-refractivity contribution >= 4 is 32.6 Å². The molecule has 0 aliphatic rings. The van der Waals surface area contributed by atoms with E-state index < -0.39 is 18.4 Å². The summed E-state index contributed by atoms with van der Waals surface area (Å²) >= 11 is 0.137. The number of rotatable bonds is 1. The summed E-state index contributed by atoms with van der Waals surface area (Å²) < 4.78 is 1.62. The van der Waals surface area contributed by atoms with Gasteiger partial charge in [0.15, 0.2) is 0 Å². The van der Waals surface area contributed by atoms with Gasteiger partial charge in [-0.1, -0.05) is 0 Å². The Bertz CT molecular complexity index is 176. The summed E-state index contributed by atoms with van der Waals surface area (Å²) in [5, 5.41) is 3.13. The molecule has 0 fully saturated rings. The summed E-state index contributed by atoms with van der Waals surface area (Å²) in [5.74, 6) is 0. The topological polar surface area (TPSA) is 0 Å². The standard InChI is InChI=1S/C4H2S.3CH3.Li.Sn/c1-2-4-5-3-1;;;;;/h1-2H;3*1H3;;/q-1;;;;+1;. The quantitative estimate of drug-likeness (QED) is 0.449. The third-order valence-electron chi connectivity index (χ3n) is 1.21. The smallest absolute Gasteiger partial charge is 1.00 e. The molecule has 0 aliphatic heterocycles. The molecule has 10 heavy (non-hydrogen) atoms. The van der Waals surface area contributed by atoms with Gasteiger partial charge in [0.05, 0.1) is 0 Å². The molecule has 1 rings (SSSR count). The van der Waals surface area contributed by atoms with Crippen LogP contribution in [0.3, 0.4) is 0 Å². The van der Waals surface area contributed by atoms with E-state index in [1.807, 2.05) is 6.07 Å². The van der Waals surface area contributed by atoms with Crippen molar-refractivity contribution in [2.24, 2.45) is 0 Å². The van der Waals surface area contributed by atoms with Crippen molar-refractivity contribution in [2.45, 2.75) is 14.8 Å². The van der Waals surface area contributed by atoms with Gasteiger partial charge < -0.3 is 0 Å². The van der Waals surface area contributed by atoms with Crippen molar-refractivity contribution < 1.29 is 18.9 Å². The average Bonchev–Trinajstić information content (AvgIpc) is 2.08. The van der Waals surface area contributed by atoms with E-state index >= 15 is 0 Å². The van der Waals surface area contributed by atoms with E-state index in [0.29, 0.717) is 0 Å². The second-order valence-electron chi connectivity index (χ2n) is 3.17. The molecular formula is C7H11LiSSn. The number of thiophene rings is 1. The Hall–Kier alpha value is 1.10. The Morgan fingerprint density at radius 1 is 1.40 bits per heavy atom. The minimum absolute atomic E-state index is 0. The van der Waals surface area contributed by atoms with E-state index in [0.717, 1.165) is 0 Å². The van der Waals surface area contributed by atoms with Crippen molar-refractivity contribution in [1.82, 2.24) is 0 Å². The van der Waals surface area contributed by atoms with Gasteiger partial charge in [0.2, 0.25) is 0 Å². The van der Waals surface area contributed by atoms with E-state index in [9.17, 15) is 0 Å². The van der Waals surface area contributed by atoms with E-state index in [4.69, 9.17) is 0 Å². The van der Waals surface area contributed by atoms with E-state index in [2.05, 4.69) is 26.3 Å². The van der Waals surface area contributed by atoms with Crippen LogP contribution in [-0.4, -0.2) is 18.4 Å². The predicted octanol–water partition coefficient (Wildman–Crippen LogP) is -0.903. The van der Waals surface area contributed by atoms with Gasteiger partial charge in [-0.15, -0.1) is 0 Å². The molecule has 0 N–H and O–H groups in total. The summed E-state index contributed by atoms with van der Waals surface area (Å²) in [4.78, 5) is 7.27. The van der Waals surface area contributed by atoms with Gasteiger partial charge in [0.25, 0.3) is 0 Å². The molecule has 0 saturated heterocycles. The molecule has 0 aromatic carbocycles. The molecule has 1 aromatic rings. The van der Waals surface area contributed by atoms with Crippen LogP contribution in [0.4, 0.5) is 0 Å². The average molecular weight is 253 g/mol. The molecule has 0 nitrogen and oxygen atoms in total. The summed E-state index contributed by atoms with van der Waals surface area (Å²) in [5.41, 5.74) is 0. The summed E-state index contributed by atoms with van der Waals surface area (Å²) in [6, 6.07) is 4.25. The second-order valence-corrected chi connectivity index (χ2v) is 19.5. The first-order valence-corrected chi connectivity index (χ1v) is 13.9. The third kappa shape index (κ3) is 3.00. The molecule has 0 atom stereocenters. The largest absolute Gasteiger partial charge is 1.00 e. The Morgan fingerprint density at radius 3 is 2.20 bits per heavy atom. The van der Waals surface area contributed by atoms with Gasteiger partial charge in [-0.2, -0.15) is 0 Å². The van der Waals surface area contributed by atoms with Crippen molar-refractivity contribution in [1.29, 1.82) is 0 Å². The van der Waals surface area contributed by atoms with Gasteiger partial charge in [0, 0.05) is 0 Å². The van der Waals surface area contributed by atoms with Gasteiger partial charge in [-0.05, 0) is 0 Å². The molecule has 0 aliphatic carbocycles. The first-order chi connectivity index (χ1) is 4.11. The van der Waals surface area contributed by atoms with Crippen molar-refractivity contribution in [3.05, 3.63) is 17.5 Å². The molecule has 0 radical (unpaired) electrons. The van der Waals surface area contributed by atoms with Crippen LogP contribution in [0.2, 0.25) is 14.8 Å². The van der Waals surface area contributed by atoms with Crippen LogP contribution in [0, 0.1) is 5.38 Å². The van der Waals surface area contributed by atoms with Gasteiger partial charge in [-0.25, -0.2) is 0 Å². The van der Waals surface area contributed by atoms with Crippen LogP contribution in [0.1, 0.15) is 0 Å². The zero-order valence-electron chi connectivity index (χ0n) is 7.06. The number of hydrogen-bond donors (Lipinski definition) is 0. The van der Waals surface area contributed by atoms with Crippen molar-refractivity contribution in [3.63, 3.8) is 0 Å². The monoisotopic (exact) mass is 254 g/mol. The fourth-order valence-electron chi connectivity index (χ4n) is 0.644. The van der Waals surface area contributed by atoms with E-state index in [1.165, 1.54) is 0 Å². The fourth-order valence-corrected chi connectivity index (χ4v) is 6.14. The van der Waals surface area contributed by atoms with Crippen LogP contribution in [0.15, 0.2) is 12.1 Å². The molecule has 0 saturated carbocycles. The maximum atomic E-state index is 3.13. The van der Waals surface area contributed by atoms with Gasteiger partial charge in [-0.3, -0.25) is 0 Å². The van der Waals surface area contributed by atoms with Crippen molar-refractivity contribution in [2.75, 3.05) is 0 Å². The zero-order valence-corrected chi connectivity index (χ0v) is 10.7. The molecule has 0 bridgehead atoms. The van der Waals surface area contributed by atoms with Crippen LogP contribution in [0.25, 0.3) is 0 Å². The molecule has 1 heterocycles. The third-order valence-corrected chi connectivity index (χ3v) is 11.5. The molecular weight excluding hydrogens is 242 g/mol. The van der Waals surface area contributed by atoms with Crippen LogP contribution >= 0.6 is 11.3 Å². The fraction of sp³-hybridized carbons (Fsp3) is 0.429. The molecule has 0 unspecified atom stereocenters. The summed E-state index contributed by atoms with van der Waals surface area (Å²) in [6.45, 7) is 0. The molecule has 3 heteroatoms. The molecule has 0 amide bonds. The van der Waals surface area contributed by atoms with Crippen molar-refractivity contribution in [3.8, 4) is 0 Å². The molecule has 0 spiro atoms. The Kier molecular flexibility index (Phi) is 4.66. The first-order valence-electron chi connectivity index (χ1n) is 3.07. The minimum Gasteiger partial charge on any atom is 1.00 e. The summed E-state index contributed by atoms with van der Waals surface area (Å²) in [6.07, 6.45) is 0.